The third-order valence-electron chi connectivity index (χ3n) is 2.18. The van der Waals surface area contributed by atoms with Crippen molar-refractivity contribution in [3.63, 3.8) is 0 Å². The highest BCUT2D eigenvalue weighted by Gasteiger charge is 2.03. The lowest BCUT2D eigenvalue weighted by atomic mass is 10.1. The molecule has 0 aliphatic heterocycles. The van der Waals surface area contributed by atoms with Crippen molar-refractivity contribution in [1.29, 1.82) is 0 Å². The van der Waals surface area contributed by atoms with E-state index in [1.165, 1.54) is 16.8 Å². The Balaban J connectivity index is 3.20. The summed E-state index contributed by atoms with van der Waals surface area (Å²) in [5.74, 6) is 0. The molecule has 0 unspecified atom stereocenters. The molecule has 1 aromatic heterocycles. The Morgan fingerprint density at radius 3 is 2.20 bits per heavy atom. The summed E-state index contributed by atoms with van der Waals surface area (Å²) >= 11 is 0. The molecule has 0 bridgehead atoms. The van der Waals surface area contributed by atoms with Crippen LogP contribution in [0.25, 0.3) is 0 Å². The summed E-state index contributed by atoms with van der Waals surface area (Å²) in [7, 11) is 2.10. The van der Waals surface area contributed by atoms with Crippen molar-refractivity contribution in [3.05, 3.63) is 23.0 Å². The molecule has 1 aromatic rings. The Labute approximate surface area is 62.7 Å². The number of aryl methyl sites for hydroxylation is 2. The molecule has 0 N–H and O–H groups in total. The van der Waals surface area contributed by atoms with Crippen molar-refractivity contribution in [2.45, 2.75) is 27.2 Å². The van der Waals surface area contributed by atoms with Gasteiger partial charge in [-0.2, -0.15) is 0 Å². The third kappa shape index (κ3) is 0.962. The highest BCUT2D eigenvalue weighted by molar-refractivity contribution is 5.29. The van der Waals surface area contributed by atoms with Crippen LogP contribution in [-0.4, -0.2) is 4.57 Å². The van der Waals surface area contributed by atoms with Crippen LogP contribution in [0.3, 0.4) is 0 Å². The molecule has 0 aromatic carbocycles. The van der Waals surface area contributed by atoms with Gasteiger partial charge in [0.05, 0.1) is 0 Å². The monoisotopic (exact) mass is 137 g/mol. The molecule has 1 heterocycles. The predicted molar refractivity (Wildman–Crippen MR) is 44.3 cm³/mol. The first-order chi connectivity index (χ1) is 4.66. The standard InChI is InChI=1S/C9H15N/c1-5-9-7(2)6-10(4)8(9)3/h6H,5H2,1-4H3. The smallest absolute Gasteiger partial charge is 0.0175 e. The van der Waals surface area contributed by atoms with Gasteiger partial charge in [0.25, 0.3) is 0 Å². The number of nitrogens with zero attached hydrogens (tertiary/aromatic N) is 1. The van der Waals surface area contributed by atoms with Crippen LogP contribution in [0.2, 0.25) is 0 Å². The maximum atomic E-state index is 2.20. The molecule has 1 nitrogen and oxygen atoms in total. The fraction of sp³-hybridized carbons (Fsp3) is 0.556. The molecule has 0 radical (unpaired) electrons. The van der Waals surface area contributed by atoms with Gasteiger partial charge in [0.2, 0.25) is 0 Å². The van der Waals surface area contributed by atoms with Gasteiger partial charge in [-0.05, 0) is 31.4 Å². The number of hydrogen-bond acceptors (Lipinski definition) is 0. The average molecular weight is 137 g/mol. The molecule has 0 saturated carbocycles. The normalized spacial score (nSPS) is 10.4. The second-order valence-corrected chi connectivity index (χ2v) is 2.84. The minimum Gasteiger partial charge on any atom is -0.354 e. The van der Waals surface area contributed by atoms with Gasteiger partial charge in [0.1, 0.15) is 0 Å². The highest BCUT2D eigenvalue weighted by atomic mass is 14.9. The summed E-state index contributed by atoms with van der Waals surface area (Å²) in [4.78, 5) is 0. The van der Waals surface area contributed by atoms with E-state index in [-0.39, 0.29) is 0 Å². The summed E-state index contributed by atoms with van der Waals surface area (Å²) in [5.41, 5.74) is 4.32. The molecular formula is C9H15N. The first-order valence-electron chi connectivity index (χ1n) is 3.78. The predicted octanol–water partition coefficient (Wildman–Crippen LogP) is 2.20. The maximum absolute atomic E-state index is 2.20. The molecule has 0 spiro atoms. The highest BCUT2D eigenvalue weighted by Crippen LogP contribution is 2.14. The SMILES string of the molecule is CCc1c(C)cn(C)c1C. The van der Waals surface area contributed by atoms with Crippen LogP contribution in [0, 0.1) is 13.8 Å². The van der Waals surface area contributed by atoms with Gasteiger partial charge in [-0.1, -0.05) is 6.92 Å². The lowest BCUT2D eigenvalue weighted by molar-refractivity contribution is 0.869. The molecular weight excluding hydrogens is 122 g/mol. The zero-order chi connectivity index (χ0) is 7.72. The number of aromatic nitrogens is 1. The Hall–Kier alpha value is -0.720. The quantitative estimate of drug-likeness (QED) is 0.559. The van der Waals surface area contributed by atoms with E-state index >= 15 is 0 Å². The van der Waals surface area contributed by atoms with Crippen molar-refractivity contribution in [2.75, 3.05) is 0 Å². The van der Waals surface area contributed by atoms with Crippen molar-refractivity contribution in [1.82, 2.24) is 4.57 Å². The van der Waals surface area contributed by atoms with Gasteiger partial charge in [0, 0.05) is 18.9 Å². The van der Waals surface area contributed by atoms with Crippen molar-refractivity contribution in [2.24, 2.45) is 7.05 Å². The minimum absolute atomic E-state index is 1.15. The molecule has 0 aliphatic carbocycles. The Bertz CT molecular complexity index is 233. The molecule has 0 atom stereocenters. The van der Waals surface area contributed by atoms with E-state index in [0.29, 0.717) is 0 Å². The first kappa shape index (κ1) is 7.39. The minimum atomic E-state index is 1.15. The second-order valence-electron chi connectivity index (χ2n) is 2.84. The molecule has 1 heteroatoms. The van der Waals surface area contributed by atoms with Crippen LogP contribution in [0.1, 0.15) is 23.7 Å². The van der Waals surface area contributed by atoms with Gasteiger partial charge in [-0.3, -0.25) is 0 Å². The summed E-state index contributed by atoms with van der Waals surface area (Å²) in [6, 6.07) is 0. The summed E-state index contributed by atoms with van der Waals surface area (Å²) < 4.78 is 2.19. The summed E-state index contributed by atoms with van der Waals surface area (Å²) in [6.07, 6.45) is 3.34. The van der Waals surface area contributed by atoms with E-state index in [9.17, 15) is 0 Å². The Morgan fingerprint density at radius 1 is 1.40 bits per heavy atom. The molecule has 0 fully saturated rings. The summed E-state index contributed by atoms with van der Waals surface area (Å²) in [5, 5.41) is 0. The number of hydrogen-bond donors (Lipinski definition) is 0. The van der Waals surface area contributed by atoms with Gasteiger partial charge in [-0.15, -0.1) is 0 Å². The molecule has 10 heavy (non-hydrogen) atoms. The molecule has 56 valence electrons. The van der Waals surface area contributed by atoms with Gasteiger partial charge in [-0.25, -0.2) is 0 Å². The molecule has 0 aliphatic rings. The van der Waals surface area contributed by atoms with Crippen LogP contribution in [0.15, 0.2) is 6.20 Å². The second kappa shape index (κ2) is 2.49. The molecule has 1 rings (SSSR count). The lowest BCUT2D eigenvalue weighted by Gasteiger charge is -1.97. The Kier molecular flexibility index (Phi) is 1.84. The van der Waals surface area contributed by atoms with Gasteiger partial charge in [0.15, 0.2) is 0 Å². The maximum Gasteiger partial charge on any atom is 0.0175 e. The van der Waals surface area contributed by atoms with E-state index < -0.39 is 0 Å². The third-order valence-corrected chi connectivity index (χ3v) is 2.18. The lowest BCUT2D eigenvalue weighted by Crippen LogP contribution is -1.90. The van der Waals surface area contributed by atoms with Crippen LogP contribution < -0.4 is 0 Å². The zero-order valence-electron chi connectivity index (χ0n) is 7.23. The van der Waals surface area contributed by atoms with E-state index in [4.69, 9.17) is 0 Å². The largest absolute Gasteiger partial charge is 0.354 e. The topological polar surface area (TPSA) is 4.93 Å². The van der Waals surface area contributed by atoms with E-state index in [0.717, 1.165) is 6.42 Å². The van der Waals surface area contributed by atoms with E-state index in [2.05, 4.69) is 38.6 Å². The van der Waals surface area contributed by atoms with E-state index in [1.54, 1.807) is 0 Å². The zero-order valence-corrected chi connectivity index (χ0v) is 7.23. The fourth-order valence-corrected chi connectivity index (χ4v) is 1.50. The van der Waals surface area contributed by atoms with Crippen molar-refractivity contribution >= 4 is 0 Å². The molecule has 0 amide bonds. The Morgan fingerprint density at radius 2 is 2.00 bits per heavy atom. The van der Waals surface area contributed by atoms with Gasteiger partial charge < -0.3 is 4.57 Å². The number of rotatable bonds is 1. The fourth-order valence-electron chi connectivity index (χ4n) is 1.50. The van der Waals surface area contributed by atoms with Crippen molar-refractivity contribution in [3.8, 4) is 0 Å². The van der Waals surface area contributed by atoms with E-state index in [1.807, 2.05) is 0 Å². The van der Waals surface area contributed by atoms with Gasteiger partial charge >= 0.3 is 0 Å². The molecule has 0 saturated heterocycles. The van der Waals surface area contributed by atoms with Crippen LogP contribution >= 0.6 is 0 Å². The van der Waals surface area contributed by atoms with Crippen LogP contribution in [-0.2, 0) is 13.5 Å². The average Bonchev–Trinajstić information content (AvgIpc) is 2.09. The van der Waals surface area contributed by atoms with Crippen LogP contribution in [0.4, 0.5) is 0 Å². The van der Waals surface area contributed by atoms with Crippen molar-refractivity contribution < 1.29 is 0 Å². The van der Waals surface area contributed by atoms with Crippen LogP contribution in [0.5, 0.6) is 0 Å². The first-order valence-corrected chi connectivity index (χ1v) is 3.78. The summed E-state index contributed by atoms with van der Waals surface area (Å²) in [6.45, 7) is 6.55.